The summed E-state index contributed by atoms with van der Waals surface area (Å²) in [4.78, 5) is 12.2. The van der Waals surface area contributed by atoms with Crippen molar-refractivity contribution in [2.45, 2.75) is 66.0 Å². The Morgan fingerprint density at radius 2 is 1.76 bits per heavy atom. The molecule has 0 heterocycles. The van der Waals surface area contributed by atoms with E-state index in [-0.39, 0.29) is 23.0 Å². The van der Waals surface area contributed by atoms with Gasteiger partial charge in [-0.2, -0.15) is 0 Å². The first-order chi connectivity index (χ1) is 7.59. The maximum absolute atomic E-state index is 12.2. The summed E-state index contributed by atoms with van der Waals surface area (Å²) >= 11 is 0. The van der Waals surface area contributed by atoms with Gasteiger partial charge >= 0.3 is 0 Å². The third-order valence-electron chi connectivity index (χ3n) is 2.72. The zero-order chi connectivity index (χ0) is 13.3. The van der Waals surface area contributed by atoms with E-state index in [1.165, 1.54) is 12.8 Å². The lowest BCUT2D eigenvalue weighted by Crippen LogP contribution is -2.51. The number of ether oxygens (including phenoxy) is 1. The van der Waals surface area contributed by atoms with Crippen LogP contribution < -0.4 is 5.32 Å². The molecule has 0 bridgehead atoms. The molecule has 1 aliphatic carbocycles. The van der Waals surface area contributed by atoms with Gasteiger partial charge in [0.25, 0.3) is 0 Å². The lowest BCUT2D eigenvalue weighted by molar-refractivity contribution is -0.142. The predicted molar refractivity (Wildman–Crippen MR) is 69.8 cm³/mol. The predicted octanol–water partition coefficient (Wildman–Crippen LogP) is 2.74. The van der Waals surface area contributed by atoms with E-state index in [1.807, 2.05) is 41.5 Å². The van der Waals surface area contributed by atoms with Gasteiger partial charge < -0.3 is 10.1 Å². The fourth-order valence-corrected chi connectivity index (χ4v) is 1.67. The molecular formula is C14H27NO2. The Hall–Kier alpha value is -0.570. The van der Waals surface area contributed by atoms with Crippen molar-refractivity contribution in [2.24, 2.45) is 11.3 Å². The van der Waals surface area contributed by atoms with Crippen molar-refractivity contribution >= 4 is 5.91 Å². The van der Waals surface area contributed by atoms with Crippen molar-refractivity contribution in [3.8, 4) is 0 Å². The Morgan fingerprint density at radius 1 is 1.24 bits per heavy atom. The zero-order valence-corrected chi connectivity index (χ0v) is 12.1. The van der Waals surface area contributed by atoms with Crippen LogP contribution in [0.25, 0.3) is 0 Å². The summed E-state index contributed by atoms with van der Waals surface area (Å²) in [5.74, 6) is 0.688. The molecule has 1 rings (SSSR count). The highest BCUT2D eigenvalue weighted by molar-refractivity contribution is 5.82. The van der Waals surface area contributed by atoms with E-state index in [2.05, 4.69) is 5.32 Å². The molecule has 0 spiro atoms. The van der Waals surface area contributed by atoms with E-state index in [0.29, 0.717) is 5.92 Å². The zero-order valence-electron chi connectivity index (χ0n) is 12.1. The molecule has 100 valence electrons. The summed E-state index contributed by atoms with van der Waals surface area (Å²) in [7, 11) is 0. The highest BCUT2D eigenvalue weighted by Gasteiger charge is 2.35. The largest absolute Gasteiger partial charge is 0.368 e. The van der Waals surface area contributed by atoms with Gasteiger partial charge in [0, 0.05) is 5.54 Å². The molecule has 1 amide bonds. The molecular weight excluding hydrogens is 214 g/mol. The molecule has 1 unspecified atom stereocenters. The van der Waals surface area contributed by atoms with E-state index in [4.69, 9.17) is 4.74 Å². The number of carbonyl (C=O) groups excluding carboxylic acids is 1. The number of nitrogens with one attached hydrogen (secondary N) is 1. The Bertz CT molecular complexity index is 269. The van der Waals surface area contributed by atoms with Crippen LogP contribution in [0, 0.1) is 11.3 Å². The first-order valence-electron chi connectivity index (χ1n) is 6.53. The Labute approximate surface area is 105 Å². The van der Waals surface area contributed by atoms with Gasteiger partial charge in [-0.05, 0) is 44.9 Å². The molecule has 1 atom stereocenters. The third kappa shape index (κ3) is 5.53. The van der Waals surface area contributed by atoms with Crippen molar-refractivity contribution in [3.05, 3.63) is 0 Å². The van der Waals surface area contributed by atoms with Crippen molar-refractivity contribution < 1.29 is 9.53 Å². The van der Waals surface area contributed by atoms with Crippen molar-refractivity contribution in [2.75, 3.05) is 6.61 Å². The quantitative estimate of drug-likeness (QED) is 0.822. The van der Waals surface area contributed by atoms with Crippen LogP contribution in [0.3, 0.4) is 0 Å². The number of carbonyl (C=O) groups is 1. The third-order valence-corrected chi connectivity index (χ3v) is 2.72. The SMILES string of the molecule is CC(C)(C)NC(=O)C(OCC1CC1)C(C)(C)C. The summed E-state index contributed by atoms with van der Waals surface area (Å²) in [6.07, 6.45) is 2.14. The lowest BCUT2D eigenvalue weighted by atomic mass is 9.88. The summed E-state index contributed by atoms with van der Waals surface area (Å²) in [6, 6.07) is 0. The van der Waals surface area contributed by atoms with E-state index in [1.54, 1.807) is 0 Å². The van der Waals surface area contributed by atoms with Crippen molar-refractivity contribution in [1.29, 1.82) is 0 Å². The molecule has 1 fully saturated rings. The van der Waals surface area contributed by atoms with E-state index < -0.39 is 0 Å². The summed E-state index contributed by atoms with van der Waals surface area (Å²) < 4.78 is 5.83. The highest BCUT2D eigenvalue weighted by Crippen LogP contribution is 2.31. The first-order valence-corrected chi connectivity index (χ1v) is 6.53. The van der Waals surface area contributed by atoms with Gasteiger partial charge in [-0.1, -0.05) is 20.8 Å². The van der Waals surface area contributed by atoms with Gasteiger partial charge in [-0.25, -0.2) is 0 Å². The van der Waals surface area contributed by atoms with Gasteiger partial charge in [0.1, 0.15) is 6.10 Å². The molecule has 1 aliphatic rings. The van der Waals surface area contributed by atoms with Crippen LogP contribution in [0.15, 0.2) is 0 Å². The summed E-state index contributed by atoms with van der Waals surface area (Å²) in [5.41, 5.74) is -0.367. The van der Waals surface area contributed by atoms with Crippen LogP contribution in [-0.4, -0.2) is 24.2 Å². The van der Waals surface area contributed by atoms with Crippen LogP contribution in [0.4, 0.5) is 0 Å². The Balaban J connectivity index is 2.57. The molecule has 1 N–H and O–H groups in total. The Kier molecular flexibility index (Phi) is 4.23. The van der Waals surface area contributed by atoms with Crippen LogP contribution in [-0.2, 0) is 9.53 Å². The van der Waals surface area contributed by atoms with Crippen LogP contribution in [0.2, 0.25) is 0 Å². The van der Waals surface area contributed by atoms with Gasteiger partial charge in [-0.15, -0.1) is 0 Å². The maximum Gasteiger partial charge on any atom is 0.250 e. The first kappa shape index (κ1) is 14.5. The van der Waals surface area contributed by atoms with Gasteiger partial charge in [0.2, 0.25) is 5.91 Å². The number of rotatable bonds is 4. The highest BCUT2D eigenvalue weighted by atomic mass is 16.5. The molecule has 17 heavy (non-hydrogen) atoms. The summed E-state index contributed by atoms with van der Waals surface area (Å²) in [6.45, 7) is 12.8. The number of amides is 1. The molecule has 0 saturated heterocycles. The molecule has 0 aromatic carbocycles. The van der Waals surface area contributed by atoms with Crippen molar-refractivity contribution in [3.63, 3.8) is 0 Å². The average molecular weight is 241 g/mol. The second-order valence-electron chi connectivity index (χ2n) is 7.26. The normalized spacial score (nSPS) is 18.9. The molecule has 1 saturated carbocycles. The molecule has 0 radical (unpaired) electrons. The van der Waals surface area contributed by atoms with Gasteiger partial charge in [0.05, 0.1) is 6.61 Å². The van der Waals surface area contributed by atoms with E-state index >= 15 is 0 Å². The fourth-order valence-electron chi connectivity index (χ4n) is 1.67. The van der Waals surface area contributed by atoms with E-state index in [0.717, 1.165) is 6.61 Å². The van der Waals surface area contributed by atoms with E-state index in [9.17, 15) is 4.79 Å². The van der Waals surface area contributed by atoms with Crippen LogP contribution in [0.1, 0.15) is 54.4 Å². The number of hydrogen-bond acceptors (Lipinski definition) is 2. The summed E-state index contributed by atoms with van der Waals surface area (Å²) in [5, 5.41) is 3.01. The minimum atomic E-state index is -0.359. The monoisotopic (exact) mass is 241 g/mol. The van der Waals surface area contributed by atoms with Crippen LogP contribution in [0.5, 0.6) is 0 Å². The molecule has 0 aromatic heterocycles. The minimum Gasteiger partial charge on any atom is -0.368 e. The maximum atomic E-state index is 12.2. The molecule has 0 aliphatic heterocycles. The topological polar surface area (TPSA) is 38.3 Å². The van der Waals surface area contributed by atoms with Gasteiger partial charge in [0.15, 0.2) is 0 Å². The molecule has 3 nitrogen and oxygen atoms in total. The molecule has 0 aromatic rings. The lowest BCUT2D eigenvalue weighted by Gasteiger charge is -2.32. The smallest absolute Gasteiger partial charge is 0.250 e. The van der Waals surface area contributed by atoms with Gasteiger partial charge in [-0.3, -0.25) is 4.79 Å². The minimum absolute atomic E-state index is 0.00523. The fraction of sp³-hybridized carbons (Fsp3) is 0.929. The number of hydrogen-bond donors (Lipinski definition) is 1. The Morgan fingerprint density at radius 3 is 2.12 bits per heavy atom. The van der Waals surface area contributed by atoms with Crippen molar-refractivity contribution in [1.82, 2.24) is 5.32 Å². The second-order valence-corrected chi connectivity index (χ2v) is 7.26. The molecule has 3 heteroatoms. The van der Waals surface area contributed by atoms with Crippen LogP contribution >= 0.6 is 0 Å². The average Bonchev–Trinajstić information content (AvgIpc) is 2.81. The standard InChI is InChI=1S/C14H27NO2/c1-13(2,3)11(17-9-10-7-8-10)12(16)15-14(4,5)6/h10-11H,7-9H2,1-6H3,(H,15,16). The second kappa shape index (κ2) is 4.97.